The van der Waals surface area contributed by atoms with E-state index in [1.54, 1.807) is 12.4 Å². The second-order valence-electron chi connectivity index (χ2n) is 6.80. The zero-order chi connectivity index (χ0) is 17.5. The molecule has 1 saturated heterocycles. The third-order valence-corrected chi connectivity index (χ3v) is 5.13. The van der Waals surface area contributed by atoms with Crippen LogP contribution in [-0.4, -0.2) is 44.1 Å². The summed E-state index contributed by atoms with van der Waals surface area (Å²) in [6.45, 7) is 2.97. The van der Waals surface area contributed by atoms with Crippen molar-refractivity contribution in [3.05, 3.63) is 65.9 Å². The molecule has 0 bridgehead atoms. The zero-order valence-corrected chi connectivity index (χ0v) is 15.3. The van der Waals surface area contributed by atoms with E-state index in [4.69, 9.17) is 4.74 Å². The van der Waals surface area contributed by atoms with E-state index in [1.807, 2.05) is 28.9 Å². The van der Waals surface area contributed by atoms with Crippen LogP contribution >= 0.6 is 12.4 Å². The normalized spacial score (nSPS) is 21.4. The van der Waals surface area contributed by atoms with Crippen LogP contribution in [-0.2, 0) is 17.9 Å². The minimum Gasteiger partial charge on any atom is -0.368 e. The number of pyridine rings is 1. The number of nitrogens with zero attached hydrogens (tertiary/aromatic N) is 5. The van der Waals surface area contributed by atoms with Gasteiger partial charge in [-0.2, -0.15) is 0 Å². The molecule has 0 spiro atoms. The van der Waals surface area contributed by atoms with E-state index in [0.717, 1.165) is 42.1 Å². The van der Waals surface area contributed by atoms with Crippen molar-refractivity contribution >= 4 is 12.4 Å². The SMILES string of the molecule is Cl.Fc1ccc(CN2C[C@H]3OCc4c(-c5ccncc5)nnn4[C@H]3C2)cc1. The minimum absolute atomic E-state index is 0. The Bertz CT molecular complexity index is 918. The number of fused-ring (bicyclic) bond motifs is 3. The van der Waals surface area contributed by atoms with E-state index in [9.17, 15) is 4.39 Å². The van der Waals surface area contributed by atoms with Crippen molar-refractivity contribution in [1.82, 2.24) is 24.9 Å². The predicted molar refractivity (Wildman–Crippen MR) is 99.8 cm³/mol. The topological polar surface area (TPSA) is 56.1 Å². The molecule has 0 amide bonds. The monoisotopic (exact) mass is 387 g/mol. The largest absolute Gasteiger partial charge is 0.368 e. The number of rotatable bonds is 3. The Hall–Kier alpha value is -2.35. The first kappa shape index (κ1) is 18.0. The number of aromatic nitrogens is 4. The molecule has 0 N–H and O–H groups in total. The number of benzene rings is 1. The molecule has 2 aromatic heterocycles. The fourth-order valence-corrected chi connectivity index (χ4v) is 3.84. The lowest BCUT2D eigenvalue weighted by Crippen LogP contribution is -2.32. The predicted octanol–water partition coefficient (Wildman–Crippen LogP) is 2.86. The molecule has 2 aliphatic heterocycles. The van der Waals surface area contributed by atoms with Crippen LogP contribution in [0.15, 0.2) is 48.8 Å². The summed E-state index contributed by atoms with van der Waals surface area (Å²) in [6.07, 6.45) is 3.62. The molecule has 0 aliphatic carbocycles. The maximum atomic E-state index is 13.1. The van der Waals surface area contributed by atoms with Gasteiger partial charge in [-0.25, -0.2) is 9.07 Å². The summed E-state index contributed by atoms with van der Waals surface area (Å²) < 4.78 is 21.2. The Balaban J connectivity index is 0.00000180. The number of hydrogen-bond acceptors (Lipinski definition) is 5. The summed E-state index contributed by atoms with van der Waals surface area (Å²) >= 11 is 0. The van der Waals surface area contributed by atoms with E-state index in [2.05, 4.69) is 20.2 Å². The Morgan fingerprint density at radius 2 is 1.85 bits per heavy atom. The smallest absolute Gasteiger partial charge is 0.123 e. The summed E-state index contributed by atoms with van der Waals surface area (Å²) in [5, 5.41) is 8.81. The van der Waals surface area contributed by atoms with Gasteiger partial charge in [0.25, 0.3) is 0 Å². The number of likely N-dealkylation sites (tertiary alicyclic amines) is 1. The Morgan fingerprint density at radius 1 is 1.07 bits per heavy atom. The highest BCUT2D eigenvalue weighted by molar-refractivity contribution is 5.85. The molecule has 2 aliphatic rings. The van der Waals surface area contributed by atoms with Crippen LogP contribution in [0.2, 0.25) is 0 Å². The van der Waals surface area contributed by atoms with Crippen molar-refractivity contribution in [3.8, 4) is 11.3 Å². The summed E-state index contributed by atoms with van der Waals surface area (Å²) in [6, 6.07) is 10.7. The zero-order valence-electron chi connectivity index (χ0n) is 14.5. The van der Waals surface area contributed by atoms with Crippen LogP contribution in [0.1, 0.15) is 17.3 Å². The molecule has 1 fully saturated rings. The lowest BCUT2D eigenvalue weighted by atomic mass is 10.1. The molecular weight excluding hydrogens is 369 g/mol. The van der Waals surface area contributed by atoms with Crippen molar-refractivity contribution in [2.75, 3.05) is 13.1 Å². The maximum absolute atomic E-state index is 13.1. The van der Waals surface area contributed by atoms with E-state index >= 15 is 0 Å². The van der Waals surface area contributed by atoms with Crippen molar-refractivity contribution < 1.29 is 9.13 Å². The molecule has 8 heteroatoms. The first-order valence-corrected chi connectivity index (χ1v) is 8.71. The van der Waals surface area contributed by atoms with Gasteiger partial charge in [0.1, 0.15) is 11.5 Å². The lowest BCUT2D eigenvalue weighted by molar-refractivity contribution is -0.00494. The number of hydrogen-bond donors (Lipinski definition) is 0. The van der Waals surface area contributed by atoms with Gasteiger partial charge in [0, 0.05) is 37.6 Å². The first-order chi connectivity index (χ1) is 12.8. The minimum atomic E-state index is -0.205. The van der Waals surface area contributed by atoms with Crippen LogP contribution in [0.4, 0.5) is 4.39 Å². The van der Waals surface area contributed by atoms with Gasteiger partial charge >= 0.3 is 0 Å². The molecule has 5 rings (SSSR count). The Morgan fingerprint density at radius 3 is 2.63 bits per heavy atom. The number of halogens is 2. The fraction of sp³-hybridized carbons (Fsp3) is 0.316. The molecule has 3 aromatic rings. The molecule has 0 radical (unpaired) electrons. The van der Waals surface area contributed by atoms with E-state index < -0.39 is 0 Å². The molecule has 1 aromatic carbocycles. The van der Waals surface area contributed by atoms with Gasteiger partial charge in [-0.3, -0.25) is 9.88 Å². The number of ether oxygens (including phenoxy) is 1. The van der Waals surface area contributed by atoms with E-state index in [1.165, 1.54) is 12.1 Å². The standard InChI is InChI=1S/C19H18FN5O.ClH/c20-15-3-1-13(2-4-15)9-24-10-16-18(11-24)26-12-17-19(22-23-25(16)17)14-5-7-21-8-6-14;/h1-8,16,18H,9-12H2;1H/t16-,18+;/m0./s1. The second-order valence-corrected chi connectivity index (χ2v) is 6.80. The van der Waals surface area contributed by atoms with E-state index in [0.29, 0.717) is 6.61 Å². The fourth-order valence-electron chi connectivity index (χ4n) is 3.84. The quantitative estimate of drug-likeness (QED) is 0.691. The molecule has 4 heterocycles. The summed E-state index contributed by atoms with van der Waals surface area (Å²) in [5.41, 5.74) is 3.98. The molecule has 140 valence electrons. The maximum Gasteiger partial charge on any atom is 0.123 e. The third kappa shape index (κ3) is 3.34. The third-order valence-electron chi connectivity index (χ3n) is 5.13. The van der Waals surface area contributed by atoms with Gasteiger partial charge in [-0.05, 0) is 29.8 Å². The van der Waals surface area contributed by atoms with Crippen molar-refractivity contribution in [3.63, 3.8) is 0 Å². The highest BCUT2D eigenvalue weighted by atomic mass is 35.5. The summed E-state index contributed by atoms with van der Waals surface area (Å²) in [4.78, 5) is 6.38. The van der Waals surface area contributed by atoms with Crippen molar-refractivity contribution in [2.45, 2.75) is 25.3 Å². The molecule has 0 unspecified atom stereocenters. The highest BCUT2D eigenvalue weighted by Crippen LogP contribution is 2.34. The van der Waals surface area contributed by atoms with Crippen molar-refractivity contribution in [1.29, 1.82) is 0 Å². The molecule has 2 atom stereocenters. The van der Waals surface area contributed by atoms with Crippen LogP contribution in [0.25, 0.3) is 11.3 Å². The average Bonchev–Trinajstić information content (AvgIpc) is 3.27. The Kier molecular flexibility index (Phi) is 4.90. The average molecular weight is 388 g/mol. The molecule has 0 saturated carbocycles. The van der Waals surface area contributed by atoms with Gasteiger partial charge in [-0.1, -0.05) is 17.3 Å². The van der Waals surface area contributed by atoms with Crippen LogP contribution in [0.5, 0.6) is 0 Å². The van der Waals surface area contributed by atoms with Crippen LogP contribution < -0.4 is 0 Å². The van der Waals surface area contributed by atoms with Gasteiger partial charge in [0.15, 0.2) is 0 Å². The van der Waals surface area contributed by atoms with Gasteiger partial charge in [-0.15, -0.1) is 17.5 Å². The molecular formula is C19H19ClFN5O. The Labute approximate surface area is 162 Å². The van der Waals surface area contributed by atoms with Crippen LogP contribution in [0.3, 0.4) is 0 Å². The van der Waals surface area contributed by atoms with Crippen LogP contribution in [0, 0.1) is 5.82 Å². The highest BCUT2D eigenvalue weighted by Gasteiger charge is 2.40. The van der Waals surface area contributed by atoms with Gasteiger partial charge in [0.05, 0.1) is 24.4 Å². The summed E-state index contributed by atoms with van der Waals surface area (Å²) in [5.74, 6) is -0.205. The molecule has 27 heavy (non-hydrogen) atoms. The first-order valence-electron chi connectivity index (χ1n) is 8.71. The second kappa shape index (κ2) is 7.34. The van der Waals surface area contributed by atoms with Crippen molar-refractivity contribution in [2.24, 2.45) is 0 Å². The van der Waals surface area contributed by atoms with E-state index in [-0.39, 0.29) is 30.4 Å². The van der Waals surface area contributed by atoms with Gasteiger partial charge < -0.3 is 4.74 Å². The molecule has 6 nitrogen and oxygen atoms in total. The van der Waals surface area contributed by atoms with Gasteiger partial charge in [0.2, 0.25) is 0 Å². The summed E-state index contributed by atoms with van der Waals surface area (Å²) in [7, 11) is 0. The lowest BCUT2D eigenvalue weighted by Gasteiger charge is -2.26.